The van der Waals surface area contributed by atoms with E-state index in [0.717, 1.165) is 28.5 Å². The number of carbonyl (C=O) groups excluding carboxylic acids is 1. The molecule has 2 unspecified atom stereocenters. The van der Waals surface area contributed by atoms with Crippen molar-refractivity contribution in [2.75, 3.05) is 6.54 Å². The van der Waals surface area contributed by atoms with Gasteiger partial charge in [-0.1, -0.05) is 42.0 Å². The molecule has 0 spiro atoms. The maximum absolute atomic E-state index is 13.8. The van der Waals surface area contributed by atoms with E-state index in [-0.39, 0.29) is 24.2 Å². The van der Waals surface area contributed by atoms with E-state index in [1.165, 1.54) is 35.7 Å². The van der Waals surface area contributed by atoms with Gasteiger partial charge < -0.3 is 19.6 Å². The van der Waals surface area contributed by atoms with Crippen LogP contribution < -0.4 is 4.73 Å². The van der Waals surface area contributed by atoms with Crippen molar-refractivity contribution in [2.45, 2.75) is 38.3 Å². The van der Waals surface area contributed by atoms with Crippen LogP contribution >= 0.6 is 0 Å². The Morgan fingerprint density at radius 2 is 1.82 bits per heavy atom. The average molecular weight is 537 g/mol. The summed E-state index contributed by atoms with van der Waals surface area (Å²) in [4.78, 5) is 15.7. The molecule has 40 heavy (non-hydrogen) atoms. The number of rotatable bonds is 5. The van der Waals surface area contributed by atoms with E-state index in [9.17, 15) is 19.5 Å². The van der Waals surface area contributed by atoms with Crippen molar-refractivity contribution in [3.63, 3.8) is 0 Å². The molecule has 0 radical (unpaired) electrons. The number of fused-ring (bicyclic) bond motifs is 2. The van der Waals surface area contributed by atoms with E-state index in [1.54, 1.807) is 43.3 Å². The van der Waals surface area contributed by atoms with Gasteiger partial charge in [0.15, 0.2) is 12.4 Å². The summed E-state index contributed by atoms with van der Waals surface area (Å²) in [6.07, 6.45) is 3.60. The number of pyridine rings is 1. The normalized spacial score (nSPS) is 16.5. The lowest BCUT2D eigenvalue weighted by Crippen LogP contribution is -2.41. The van der Waals surface area contributed by atoms with Crippen molar-refractivity contribution >= 4 is 16.9 Å². The molecule has 1 amide bonds. The Balaban J connectivity index is 1.29. The SMILES string of the molecule is Cc1ccc2c(c1)CCN(C(=O)Cc1ccc3oc(C(C)(O)c4cc[n+]([O-])cc4)cc3c1)C2c1ccc(F)cc1. The van der Waals surface area contributed by atoms with Crippen molar-refractivity contribution in [2.24, 2.45) is 0 Å². The van der Waals surface area contributed by atoms with Crippen molar-refractivity contribution in [1.29, 1.82) is 0 Å². The maximum atomic E-state index is 13.8. The zero-order valence-electron chi connectivity index (χ0n) is 22.3. The summed E-state index contributed by atoms with van der Waals surface area (Å²) in [6, 6.07) is 22.8. The predicted molar refractivity (Wildman–Crippen MR) is 149 cm³/mol. The van der Waals surface area contributed by atoms with Crippen LogP contribution in [-0.2, 0) is 23.2 Å². The standard InChI is InChI=1S/C33H29FN2O4/c1-21-3-9-28-24(17-21)11-16-36(32(28)23-5-7-27(34)8-6-23)31(37)19-22-4-10-29-25(18-22)20-30(40-29)33(2,38)26-12-14-35(39)15-13-26/h3-10,12-15,17-18,20,32,38H,11,16,19H2,1-2H3. The summed E-state index contributed by atoms with van der Waals surface area (Å²) in [6.45, 7) is 4.24. The van der Waals surface area contributed by atoms with E-state index in [0.29, 0.717) is 28.2 Å². The number of aryl methyl sites for hydroxylation is 1. The number of halogens is 1. The van der Waals surface area contributed by atoms with Crippen LogP contribution in [0.15, 0.2) is 95.7 Å². The Bertz CT molecular complexity index is 1710. The van der Waals surface area contributed by atoms with Gasteiger partial charge in [0.1, 0.15) is 22.8 Å². The molecule has 0 saturated heterocycles. The number of aromatic nitrogens is 1. The second-order valence-electron chi connectivity index (χ2n) is 10.7. The highest BCUT2D eigenvalue weighted by Crippen LogP contribution is 2.37. The number of amides is 1. The number of carbonyl (C=O) groups is 1. The first-order valence-corrected chi connectivity index (χ1v) is 13.3. The molecule has 0 aliphatic carbocycles. The van der Waals surface area contributed by atoms with Gasteiger partial charge in [0.25, 0.3) is 0 Å². The van der Waals surface area contributed by atoms with Gasteiger partial charge in [-0.3, -0.25) is 4.79 Å². The molecule has 3 heterocycles. The molecule has 6 nitrogen and oxygen atoms in total. The first-order valence-electron chi connectivity index (χ1n) is 13.3. The Morgan fingerprint density at radius 1 is 1.07 bits per heavy atom. The van der Waals surface area contributed by atoms with Crippen LogP contribution in [-0.4, -0.2) is 22.5 Å². The van der Waals surface area contributed by atoms with Crippen LogP contribution in [0.5, 0.6) is 0 Å². The lowest BCUT2D eigenvalue weighted by atomic mass is 9.87. The fraction of sp³-hybridized carbons (Fsp3) is 0.212. The highest BCUT2D eigenvalue weighted by molar-refractivity contribution is 5.84. The predicted octanol–water partition coefficient (Wildman–Crippen LogP) is 5.49. The summed E-state index contributed by atoms with van der Waals surface area (Å²) in [5, 5.41) is 23.4. The summed E-state index contributed by atoms with van der Waals surface area (Å²) in [7, 11) is 0. The molecule has 3 aromatic carbocycles. The third-order valence-corrected chi connectivity index (χ3v) is 7.81. The molecular formula is C33H29FN2O4. The fourth-order valence-electron chi connectivity index (χ4n) is 5.63. The topological polar surface area (TPSA) is 80.6 Å². The summed E-state index contributed by atoms with van der Waals surface area (Å²) < 4.78 is 20.4. The van der Waals surface area contributed by atoms with Crippen LogP contribution in [0.1, 0.15) is 52.1 Å². The highest BCUT2D eigenvalue weighted by Gasteiger charge is 2.33. The van der Waals surface area contributed by atoms with Gasteiger partial charge in [-0.25, -0.2) is 4.39 Å². The second kappa shape index (κ2) is 9.92. The number of aliphatic hydroxyl groups is 1. The monoisotopic (exact) mass is 536 g/mol. The highest BCUT2D eigenvalue weighted by atomic mass is 19.1. The minimum Gasteiger partial charge on any atom is -0.619 e. The number of benzene rings is 3. The lowest BCUT2D eigenvalue weighted by molar-refractivity contribution is -0.605. The summed E-state index contributed by atoms with van der Waals surface area (Å²) in [5.41, 5.74) is 4.83. The van der Waals surface area contributed by atoms with E-state index in [2.05, 4.69) is 25.1 Å². The zero-order valence-corrected chi connectivity index (χ0v) is 22.3. The Kier molecular flexibility index (Phi) is 6.39. The maximum Gasteiger partial charge on any atom is 0.227 e. The van der Waals surface area contributed by atoms with Gasteiger partial charge >= 0.3 is 0 Å². The number of furan rings is 1. The van der Waals surface area contributed by atoms with Gasteiger partial charge in [-0.2, -0.15) is 4.73 Å². The fourth-order valence-corrected chi connectivity index (χ4v) is 5.63. The van der Waals surface area contributed by atoms with E-state index in [1.807, 2.05) is 17.0 Å². The Hall–Kier alpha value is -4.49. The lowest BCUT2D eigenvalue weighted by Gasteiger charge is -2.38. The van der Waals surface area contributed by atoms with Crippen molar-refractivity contribution < 1.29 is 23.4 Å². The van der Waals surface area contributed by atoms with Crippen LogP contribution in [0.25, 0.3) is 11.0 Å². The van der Waals surface area contributed by atoms with E-state index in [4.69, 9.17) is 4.42 Å². The largest absolute Gasteiger partial charge is 0.619 e. The van der Waals surface area contributed by atoms with E-state index >= 15 is 0 Å². The molecule has 2 atom stereocenters. The van der Waals surface area contributed by atoms with Gasteiger partial charge in [-0.15, -0.1) is 0 Å². The Labute approximate surface area is 231 Å². The first-order chi connectivity index (χ1) is 19.2. The van der Waals surface area contributed by atoms with Crippen molar-refractivity contribution in [1.82, 2.24) is 4.90 Å². The Morgan fingerprint density at radius 3 is 2.58 bits per heavy atom. The quantitative estimate of drug-likeness (QED) is 0.238. The average Bonchev–Trinajstić information content (AvgIpc) is 3.37. The van der Waals surface area contributed by atoms with Gasteiger partial charge in [0, 0.05) is 29.6 Å². The first kappa shape index (κ1) is 25.8. The third kappa shape index (κ3) is 4.73. The second-order valence-corrected chi connectivity index (χ2v) is 10.7. The molecule has 0 fully saturated rings. The molecule has 6 rings (SSSR count). The molecular weight excluding hydrogens is 507 g/mol. The van der Waals surface area contributed by atoms with Gasteiger partial charge in [-0.05, 0) is 72.9 Å². The van der Waals surface area contributed by atoms with Gasteiger partial charge in [0.2, 0.25) is 5.91 Å². The van der Waals surface area contributed by atoms with Crippen LogP contribution in [0.2, 0.25) is 0 Å². The van der Waals surface area contributed by atoms with Crippen LogP contribution in [0.4, 0.5) is 4.39 Å². The van der Waals surface area contributed by atoms with Crippen LogP contribution in [0, 0.1) is 17.9 Å². The summed E-state index contributed by atoms with van der Waals surface area (Å²) in [5.74, 6) is 0.00869. The molecule has 1 aliphatic rings. The number of nitrogens with zero attached hydrogens (tertiary/aromatic N) is 2. The molecule has 7 heteroatoms. The molecule has 0 bridgehead atoms. The van der Waals surface area contributed by atoms with Crippen molar-refractivity contribution in [3.8, 4) is 0 Å². The number of hydrogen-bond donors (Lipinski definition) is 1. The third-order valence-electron chi connectivity index (χ3n) is 7.81. The molecule has 202 valence electrons. The number of hydrogen-bond acceptors (Lipinski definition) is 4. The molecule has 1 aliphatic heterocycles. The molecule has 2 aromatic heterocycles. The molecule has 5 aromatic rings. The van der Waals surface area contributed by atoms with E-state index < -0.39 is 5.60 Å². The van der Waals surface area contributed by atoms with Crippen LogP contribution in [0.3, 0.4) is 0 Å². The smallest absolute Gasteiger partial charge is 0.227 e. The minimum absolute atomic E-state index is 0.0224. The summed E-state index contributed by atoms with van der Waals surface area (Å²) >= 11 is 0. The van der Waals surface area contributed by atoms with Gasteiger partial charge in [0.05, 0.1) is 12.5 Å². The zero-order chi connectivity index (χ0) is 28.0. The molecule has 0 saturated carbocycles. The molecule has 1 N–H and O–H groups in total. The minimum atomic E-state index is -1.44. The van der Waals surface area contributed by atoms with Crippen molar-refractivity contribution in [3.05, 3.63) is 141 Å².